The van der Waals surface area contributed by atoms with Crippen LogP contribution in [0, 0.1) is 0 Å². The lowest BCUT2D eigenvalue weighted by molar-refractivity contribution is 0.839. The SMILES string of the molecule is CC(C)[Si](P[Si](C(C)C)(C(C)C)C(C)C)(C(C)C)C(C)C. The second-order valence-electron chi connectivity index (χ2n) is 8.92. The van der Waals surface area contributed by atoms with E-state index >= 15 is 0 Å². The van der Waals surface area contributed by atoms with Gasteiger partial charge in [-0.2, -0.15) is 0 Å². The van der Waals surface area contributed by atoms with Gasteiger partial charge < -0.3 is 0 Å². The van der Waals surface area contributed by atoms with Crippen molar-refractivity contribution in [3.05, 3.63) is 0 Å². The third-order valence-corrected chi connectivity index (χ3v) is 39.3. The normalized spacial score (nSPS) is 14.6. The minimum absolute atomic E-state index is 0.916. The van der Waals surface area contributed by atoms with Crippen LogP contribution in [0.15, 0.2) is 0 Å². The van der Waals surface area contributed by atoms with Crippen molar-refractivity contribution in [1.29, 1.82) is 0 Å². The highest BCUT2D eigenvalue weighted by molar-refractivity contribution is 8.08. The van der Waals surface area contributed by atoms with Crippen molar-refractivity contribution in [2.75, 3.05) is 0 Å². The molecule has 0 atom stereocenters. The van der Waals surface area contributed by atoms with Gasteiger partial charge in [-0.15, -0.1) is 7.68 Å². The first-order chi connectivity index (χ1) is 9.37. The molecule has 0 aromatic heterocycles. The van der Waals surface area contributed by atoms with Gasteiger partial charge in [-0.05, 0) is 33.2 Å². The molecule has 0 N–H and O–H groups in total. The molecule has 0 aliphatic rings. The van der Waals surface area contributed by atoms with E-state index in [2.05, 4.69) is 83.1 Å². The van der Waals surface area contributed by atoms with Crippen LogP contribution >= 0.6 is 7.68 Å². The van der Waals surface area contributed by atoms with Crippen LogP contribution in [0.5, 0.6) is 0 Å². The van der Waals surface area contributed by atoms with Crippen LogP contribution in [0.4, 0.5) is 0 Å². The lowest BCUT2D eigenvalue weighted by Crippen LogP contribution is -2.50. The zero-order chi connectivity index (χ0) is 17.2. The second-order valence-corrected chi connectivity index (χ2v) is 28.0. The van der Waals surface area contributed by atoms with E-state index in [1.807, 2.05) is 0 Å². The molecule has 0 bridgehead atoms. The molecule has 0 saturated carbocycles. The van der Waals surface area contributed by atoms with Crippen molar-refractivity contribution < 1.29 is 0 Å². The molecule has 0 radical (unpaired) electrons. The molecule has 0 aliphatic carbocycles. The Bertz CT molecular complexity index is 233. The van der Waals surface area contributed by atoms with E-state index in [1.165, 1.54) is 7.68 Å². The zero-order valence-corrected chi connectivity index (χ0v) is 20.0. The second kappa shape index (κ2) is 8.11. The van der Waals surface area contributed by atoms with Gasteiger partial charge >= 0.3 is 0 Å². The molecule has 0 amide bonds. The van der Waals surface area contributed by atoms with Crippen molar-refractivity contribution in [3.63, 3.8) is 0 Å². The molecule has 0 rings (SSSR count). The summed E-state index contributed by atoms with van der Waals surface area (Å²) < 4.78 is 0. The molecule has 21 heavy (non-hydrogen) atoms. The van der Waals surface area contributed by atoms with Crippen molar-refractivity contribution in [2.24, 2.45) is 0 Å². The van der Waals surface area contributed by atoms with Gasteiger partial charge in [0.1, 0.15) is 0 Å². The largest absolute Gasteiger partial charge is 0.142 e. The Morgan fingerprint density at radius 2 is 0.524 bits per heavy atom. The Morgan fingerprint density at radius 3 is 0.619 bits per heavy atom. The highest BCUT2D eigenvalue weighted by Gasteiger charge is 2.53. The molecule has 0 fully saturated rings. The van der Waals surface area contributed by atoms with Crippen LogP contribution in [0.2, 0.25) is 33.2 Å². The smallest absolute Gasteiger partial charge is 0.0816 e. The molecule has 0 nitrogen and oxygen atoms in total. The Kier molecular flexibility index (Phi) is 8.44. The monoisotopic (exact) mass is 346 g/mol. The summed E-state index contributed by atoms with van der Waals surface area (Å²) in [6.45, 7) is 30.5. The van der Waals surface area contributed by atoms with E-state index in [0.717, 1.165) is 33.2 Å². The fraction of sp³-hybridized carbons (Fsp3) is 1.00. The summed E-state index contributed by atoms with van der Waals surface area (Å²) in [5, 5.41) is 0. The molecular weight excluding hydrogens is 303 g/mol. The molecule has 0 spiro atoms. The van der Waals surface area contributed by atoms with Crippen molar-refractivity contribution in [1.82, 2.24) is 0 Å². The zero-order valence-electron chi connectivity index (χ0n) is 17.0. The summed E-state index contributed by atoms with van der Waals surface area (Å²) in [6, 6.07) is 0. The maximum Gasteiger partial charge on any atom is 0.0816 e. The van der Waals surface area contributed by atoms with Crippen molar-refractivity contribution >= 4 is 23.2 Å². The maximum absolute atomic E-state index is 2.54. The number of hydrogen-bond acceptors (Lipinski definition) is 0. The average molecular weight is 347 g/mol. The standard InChI is InChI=1S/C18H43PSi2/c1-13(2)20(14(3)4,15(5)6)19-21(16(7)8,17(9)10)18(11)12/h13-19H,1-12H3. The van der Waals surface area contributed by atoms with E-state index in [4.69, 9.17) is 0 Å². The van der Waals surface area contributed by atoms with Crippen LogP contribution in [-0.2, 0) is 0 Å². The van der Waals surface area contributed by atoms with Crippen LogP contribution in [0.25, 0.3) is 0 Å². The Morgan fingerprint density at radius 1 is 0.381 bits per heavy atom. The molecule has 0 aromatic rings. The third kappa shape index (κ3) is 4.04. The average Bonchev–Trinajstić information content (AvgIpc) is 2.26. The van der Waals surface area contributed by atoms with E-state index in [9.17, 15) is 0 Å². The van der Waals surface area contributed by atoms with Gasteiger partial charge in [-0.25, -0.2) is 0 Å². The molecule has 0 aliphatic heterocycles. The lowest BCUT2D eigenvalue weighted by Gasteiger charge is -2.54. The molecule has 0 unspecified atom stereocenters. The molecule has 3 heteroatoms. The van der Waals surface area contributed by atoms with E-state index < -0.39 is 15.5 Å². The third-order valence-electron chi connectivity index (χ3n) is 6.17. The maximum atomic E-state index is 2.54. The van der Waals surface area contributed by atoms with Gasteiger partial charge in [0.2, 0.25) is 0 Å². The van der Waals surface area contributed by atoms with E-state index in [1.54, 1.807) is 0 Å². The van der Waals surface area contributed by atoms with Crippen LogP contribution < -0.4 is 0 Å². The van der Waals surface area contributed by atoms with Crippen LogP contribution in [0.3, 0.4) is 0 Å². The fourth-order valence-electron chi connectivity index (χ4n) is 5.24. The first kappa shape index (κ1) is 21.9. The first-order valence-corrected chi connectivity index (χ1v) is 16.6. The summed E-state index contributed by atoms with van der Waals surface area (Å²) in [5.41, 5.74) is 5.49. The summed E-state index contributed by atoms with van der Waals surface area (Å²) in [5.74, 6) is 0. The van der Waals surface area contributed by atoms with E-state index in [0.29, 0.717) is 0 Å². The Hall–Kier alpha value is 0.864. The molecule has 0 aromatic carbocycles. The number of rotatable bonds is 8. The lowest BCUT2D eigenvalue weighted by atomic mass is 10.5. The minimum atomic E-state index is -1.26. The van der Waals surface area contributed by atoms with Crippen molar-refractivity contribution in [2.45, 2.75) is 116 Å². The first-order valence-electron chi connectivity index (χ1n) is 9.16. The van der Waals surface area contributed by atoms with Gasteiger partial charge in [0.25, 0.3) is 0 Å². The van der Waals surface area contributed by atoms with Gasteiger partial charge in [-0.3, -0.25) is 0 Å². The molecule has 128 valence electrons. The predicted octanol–water partition coefficient (Wildman–Crippen LogP) is 8.02. The van der Waals surface area contributed by atoms with Crippen molar-refractivity contribution in [3.8, 4) is 0 Å². The summed E-state index contributed by atoms with van der Waals surface area (Å²) in [4.78, 5) is 0. The van der Waals surface area contributed by atoms with Gasteiger partial charge in [-0.1, -0.05) is 83.1 Å². The predicted molar refractivity (Wildman–Crippen MR) is 110 cm³/mol. The molecule has 0 saturated heterocycles. The summed E-state index contributed by atoms with van der Waals surface area (Å²) in [6.07, 6.45) is 0. The highest BCUT2D eigenvalue weighted by atomic mass is 31.6. The molecular formula is C18H43PSi2. The van der Waals surface area contributed by atoms with Crippen LogP contribution in [0.1, 0.15) is 83.1 Å². The highest BCUT2D eigenvalue weighted by Crippen LogP contribution is 2.64. The van der Waals surface area contributed by atoms with E-state index in [-0.39, 0.29) is 0 Å². The quantitative estimate of drug-likeness (QED) is 0.308. The minimum Gasteiger partial charge on any atom is -0.142 e. The Labute approximate surface area is 139 Å². The summed E-state index contributed by atoms with van der Waals surface area (Å²) >= 11 is 0. The van der Waals surface area contributed by atoms with Crippen LogP contribution in [-0.4, -0.2) is 15.5 Å². The fourth-order valence-corrected chi connectivity index (χ4v) is 45.5. The van der Waals surface area contributed by atoms with Gasteiger partial charge in [0.15, 0.2) is 0 Å². The van der Waals surface area contributed by atoms with Gasteiger partial charge in [0.05, 0.1) is 15.5 Å². The van der Waals surface area contributed by atoms with Gasteiger partial charge in [0, 0.05) is 0 Å². The Balaban J connectivity index is 6.06. The summed E-state index contributed by atoms with van der Waals surface area (Å²) in [7, 11) is -1.21. The topological polar surface area (TPSA) is 0 Å². The number of hydrogen-bond donors (Lipinski definition) is 0. The molecule has 0 heterocycles.